The van der Waals surface area contributed by atoms with Gasteiger partial charge >= 0.3 is 5.97 Å². The van der Waals surface area contributed by atoms with E-state index in [0.29, 0.717) is 13.0 Å². The molecule has 1 fully saturated rings. The Morgan fingerprint density at radius 2 is 2.31 bits per heavy atom. The van der Waals surface area contributed by atoms with Gasteiger partial charge in [0.05, 0.1) is 24.5 Å². The van der Waals surface area contributed by atoms with Crippen molar-refractivity contribution in [3.05, 3.63) is 0 Å². The molecule has 0 aliphatic carbocycles. The van der Waals surface area contributed by atoms with Crippen LogP contribution in [-0.4, -0.2) is 45.4 Å². The molecule has 2 atom stereocenters. The van der Waals surface area contributed by atoms with Gasteiger partial charge in [0, 0.05) is 6.54 Å². The Morgan fingerprint density at radius 3 is 2.75 bits per heavy atom. The highest BCUT2D eigenvalue weighted by atomic mass is 32.2. The van der Waals surface area contributed by atoms with Crippen LogP contribution in [0.3, 0.4) is 0 Å². The molecule has 1 aliphatic rings. The zero-order chi connectivity index (χ0) is 12.3. The topological polar surface area (TPSA) is 52.6 Å². The molecule has 0 N–H and O–H groups in total. The number of esters is 1. The Hall–Kier alpha value is -0.330. The van der Waals surface area contributed by atoms with E-state index in [1.165, 1.54) is 4.31 Å². The lowest BCUT2D eigenvalue weighted by Gasteiger charge is -2.30. The maximum atomic E-state index is 13.0. The molecule has 4 nitrogen and oxygen atoms in total. The van der Waals surface area contributed by atoms with Gasteiger partial charge in [0.25, 0.3) is 0 Å². The zero-order valence-corrected chi connectivity index (χ0v) is 10.7. The first kappa shape index (κ1) is 13.7. The van der Waals surface area contributed by atoms with Crippen LogP contribution in [0.2, 0.25) is 0 Å². The third kappa shape index (κ3) is 2.87. The van der Waals surface area contributed by atoms with Crippen LogP contribution < -0.4 is 0 Å². The Balaban J connectivity index is 2.63. The van der Waals surface area contributed by atoms with Crippen molar-refractivity contribution in [1.82, 2.24) is 4.31 Å². The fourth-order valence-electron chi connectivity index (χ4n) is 1.54. The van der Waals surface area contributed by atoms with Crippen LogP contribution >= 0.6 is 0 Å². The largest absolute Gasteiger partial charge is 0.597 e. The SMILES string of the molecule is CCOC(=O)C(C)(C)[S+]([O-])N1CCC(F)C1. The molecule has 1 heterocycles. The van der Waals surface area contributed by atoms with Gasteiger partial charge in [0.2, 0.25) is 4.75 Å². The van der Waals surface area contributed by atoms with E-state index < -0.39 is 28.2 Å². The lowest BCUT2D eigenvalue weighted by atomic mass is 10.2. The summed E-state index contributed by atoms with van der Waals surface area (Å²) >= 11 is -1.54. The highest BCUT2D eigenvalue weighted by molar-refractivity contribution is 7.91. The highest BCUT2D eigenvalue weighted by Crippen LogP contribution is 2.27. The van der Waals surface area contributed by atoms with E-state index in [4.69, 9.17) is 4.74 Å². The minimum atomic E-state index is -1.54. The maximum Gasteiger partial charge on any atom is 0.364 e. The molecular formula is C10H18FNO3S. The van der Waals surface area contributed by atoms with Gasteiger partial charge in [0.15, 0.2) is 0 Å². The lowest BCUT2D eigenvalue weighted by Crippen LogP contribution is -2.49. The molecule has 1 aliphatic heterocycles. The number of rotatable bonds is 4. The van der Waals surface area contributed by atoms with Gasteiger partial charge in [-0.15, -0.1) is 4.31 Å². The summed E-state index contributed by atoms with van der Waals surface area (Å²) in [7, 11) is 0. The van der Waals surface area contributed by atoms with Crippen molar-refractivity contribution in [2.45, 2.75) is 38.1 Å². The van der Waals surface area contributed by atoms with Crippen molar-refractivity contribution < 1.29 is 18.5 Å². The monoisotopic (exact) mass is 251 g/mol. The van der Waals surface area contributed by atoms with Gasteiger partial charge in [-0.1, -0.05) is 0 Å². The third-order valence-corrected chi connectivity index (χ3v) is 4.37. The van der Waals surface area contributed by atoms with E-state index in [1.54, 1.807) is 20.8 Å². The van der Waals surface area contributed by atoms with Crippen molar-refractivity contribution in [1.29, 1.82) is 0 Å². The summed E-state index contributed by atoms with van der Waals surface area (Å²) in [5, 5.41) is 0. The number of hydrogen-bond donors (Lipinski definition) is 0. The molecule has 0 aromatic carbocycles. The minimum Gasteiger partial charge on any atom is -0.597 e. The summed E-state index contributed by atoms with van der Waals surface area (Å²) in [6.45, 7) is 5.64. The van der Waals surface area contributed by atoms with Crippen LogP contribution in [0, 0.1) is 0 Å². The first-order valence-corrected chi connectivity index (χ1v) is 6.48. The van der Waals surface area contributed by atoms with Crippen LogP contribution in [-0.2, 0) is 20.9 Å². The second-order valence-corrected chi connectivity index (χ2v) is 6.29. The van der Waals surface area contributed by atoms with Crippen LogP contribution in [0.1, 0.15) is 27.2 Å². The number of hydrogen-bond acceptors (Lipinski definition) is 4. The average Bonchev–Trinajstić information content (AvgIpc) is 2.64. The molecule has 16 heavy (non-hydrogen) atoms. The fourth-order valence-corrected chi connectivity index (χ4v) is 2.95. The number of ether oxygens (including phenoxy) is 1. The highest BCUT2D eigenvalue weighted by Gasteiger charge is 2.47. The predicted octanol–water partition coefficient (Wildman–Crippen LogP) is 1.04. The van der Waals surface area contributed by atoms with Crippen molar-refractivity contribution in [2.75, 3.05) is 19.7 Å². The molecular weight excluding hydrogens is 233 g/mol. The predicted molar refractivity (Wildman–Crippen MR) is 59.9 cm³/mol. The van der Waals surface area contributed by atoms with Gasteiger partial charge < -0.3 is 9.29 Å². The molecule has 0 spiro atoms. The molecule has 0 radical (unpaired) electrons. The van der Waals surface area contributed by atoms with Gasteiger partial charge in [-0.05, 0) is 27.2 Å². The molecule has 0 bridgehead atoms. The molecule has 94 valence electrons. The summed E-state index contributed by atoms with van der Waals surface area (Å²) in [6.07, 6.45) is -0.563. The van der Waals surface area contributed by atoms with Gasteiger partial charge in [-0.25, -0.2) is 9.18 Å². The van der Waals surface area contributed by atoms with Crippen LogP contribution in [0.5, 0.6) is 0 Å². The van der Waals surface area contributed by atoms with Crippen molar-refractivity contribution >= 4 is 17.3 Å². The lowest BCUT2D eigenvalue weighted by molar-refractivity contribution is -0.145. The molecule has 1 saturated heterocycles. The van der Waals surface area contributed by atoms with Gasteiger partial charge in [-0.3, -0.25) is 0 Å². The number of nitrogens with zero attached hydrogens (tertiary/aromatic N) is 1. The van der Waals surface area contributed by atoms with E-state index in [2.05, 4.69) is 0 Å². The Morgan fingerprint density at radius 1 is 1.69 bits per heavy atom. The Labute approximate surface area is 98.4 Å². The summed E-state index contributed by atoms with van der Waals surface area (Å²) in [5.41, 5.74) is 0. The Kier molecular flexibility index (Phi) is 4.58. The normalized spacial score (nSPS) is 24.4. The smallest absolute Gasteiger partial charge is 0.364 e. The maximum absolute atomic E-state index is 13.0. The molecule has 1 rings (SSSR count). The number of carbonyl (C=O) groups is 1. The van der Waals surface area contributed by atoms with Crippen molar-refractivity contribution in [3.8, 4) is 0 Å². The summed E-state index contributed by atoms with van der Waals surface area (Å²) in [6, 6.07) is 0. The summed E-state index contributed by atoms with van der Waals surface area (Å²) in [4.78, 5) is 11.6. The molecule has 2 unspecified atom stereocenters. The van der Waals surface area contributed by atoms with Gasteiger partial charge in [-0.2, -0.15) is 0 Å². The molecule has 0 amide bonds. The average molecular weight is 251 g/mol. The quantitative estimate of drug-likeness (QED) is 0.553. The molecule has 6 heteroatoms. The van der Waals surface area contributed by atoms with E-state index in [9.17, 15) is 13.7 Å². The number of carbonyl (C=O) groups excluding carboxylic acids is 1. The molecule has 0 aromatic heterocycles. The number of halogens is 1. The number of alkyl halides is 1. The fraction of sp³-hybridized carbons (Fsp3) is 0.900. The van der Waals surface area contributed by atoms with E-state index in [0.717, 1.165) is 0 Å². The molecule has 0 aromatic rings. The first-order chi connectivity index (χ1) is 7.39. The summed E-state index contributed by atoms with van der Waals surface area (Å²) < 4.78 is 30.3. The van der Waals surface area contributed by atoms with Crippen molar-refractivity contribution in [2.24, 2.45) is 0 Å². The van der Waals surface area contributed by atoms with E-state index in [-0.39, 0.29) is 13.2 Å². The van der Waals surface area contributed by atoms with Crippen molar-refractivity contribution in [3.63, 3.8) is 0 Å². The van der Waals surface area contributed by atoms with Crippen LogP contribution in [0.25, 0.3) is 0 Å². The van der Waals surface area contributed by atoms with E-state index >= 15 is 0 Å². The van der Waals surface area contributed by atoms with E-state index in [1.807, 2.05) is 0 Å². The minimum absolute atomic E-state index is 0.134. The second-order valence-electron chi connectivity index (χ2n) is 4.25. The summed E-state index contributed by atoms with van der Waals surface area (Å²) in [5.74, 6) is -0.504. The second kappa shape index (κ2) is 5.33. The van der Waals surface area contributed by atoms with Crippen LogP contribution in [0.15, 0.2) is 0 Å². The third-order valence-electron chi connectivity index (χ3n) is 2.53. The van der Waals surface area contributed by atoms with Crippen LogP contribution in [0.4, 0.5) is 4.39 Å². The Bertz CT molecular complexity index is 262. The standard InChI is InChI=1S/C10H18FNO3S/c1-4-15-9(13)10(2,3)16(14)12-6-5-8(11)7-12/h8H,4-7H2,1-3H3. The molecule has 0 saturated carbocycles. The van der Waals surface area contributed by atoms with Gasteiger partial charge in [0.1, 0.15) is 6.17 Å². The first-order valence-electron chi connectivity index (χ1n) is 5.37. The zero-order valence-electron chi connectivity index (χ0n) is 9.86.